The van der Waals surface area contributed by atoms with Crippen LogP contribution in [0.1, 0.15) is 110 Å². The van der Waals surface area contributed by atoms with Crippen molar-refractivity contribution in [2.75, 3.05) is 145 Å². The number of hydrogen-bond acceptors (Lipinski definition) is 12. The number of ether oxygens (including phenoxy) is 11. The molecule has 0 rings (SSSR count). The molecular weight excluding hydrogens is 672 g/mol. The van der Waals surface area contributed by atoms with Gasteiger partial charge in [-0.3, -0.25) is 0 Å². The highest BCUT2D eigenvalue weighted by molar-refractivity contribution is 4.54. The van der Waals surface area contributed by atoms with E-state index in [2.05, 4.69) is 13.8 Å². The molecule has 0 saturated carbocycles. The second-order valence-corrected chi connectivity index (χ2v) is 12.8. The summed E-state index contributed by atoms with van der Waals surface area (Å²) in [6.07, 6.45) is 20.2. The average Bonchev–Trinajstić information content (AvgIpc) is 3.16. The minimum absolute atomic E-state index is 0.0282. The third-order valence-corrected chi connectivity index (χ3v) is 8.19. The fraction of sp³-hybridized carbons (Fsp3) is 1.00. The van der Waals surface area contributed by atoms with Gasteiger partial charge in [0, 0.05) is 6.61 Å². The first-order valence-electron chi connectivity index (χ1n) is 20.8. The summed E-state index contributed by atoms with van der Waals surface area (Å²) in [6.45, 7) is 15.6. The molecule has 12 heteroatoms. The van der Waals surface area contributed by atoms with Gasteiger partial charge in [0.2, 0.25) is 0 Å². The van der Waals surface area contributed by atoms with Crippen LogP contribution in [0, 0.1) is 0 Å². The Morgan fingerprint density at radius 3 is 0.942 bits per heavy atom. The maximum Gasteiger partial charge on any atom is 0.0807 e. The van der Waals surface area contributed by atoms with Crippen LogP contribution in [0.5, 0.6) is 0 Å². The van der Waals surface area contributed by atoms with E-state index in [0.29, 0.717) is 132 Å². The largest absolute Gasteiger partial charge is 0.394 e. The highest BCUT2D eigenvalue weighted by atomic mass is 16.6. The lowest BCUT2D eigenvalue weighted by molar-refractivity contribution is -0.0525. The molecule has 1 unspecified atom stereocenters. The zero-order valence-corrected chi connectivity index (χ0v) is 33.7. The molecule has 52 heavy (non-hydrogen) atoms. The first-order valence-corrected chi connectivity index (χ1v) is 20.8. The van der Waals surface area contributed by atoms with Crippen molar-refractivity contribution in [1.29, 1.82) is 0 Å². The van der Waals surface area contributed by atoms with Gasteiger partial charge in [-0.15, -0.1) is 0 Å². The Morgan fingerprint density at radius 1 is 0.308 bits per heavy atom. The van der Waals surface area contributed by atoms with Crippen LogP contribution in [-0.2, 0) is 52.1 Å². The number of unbranched alkanes of at least 4 members (excludes halogenated alkanes) is 13. The van der Waals surface area contributed by atoms with Gasteiger partial charge in [0.15, 0.2) is 0 Å². The van der Waals surface area contributed by atoms with Gasteiger partial charge >= 0.3 is 0 Å². The summed E-state index contributed by atoms with van der Waals surface area (Å²) >= 11 is 0. The highest BCUT2D eigenvalue weighted by Crippen LogP contribution is 2.13. The molecule has 1 atom stereocenters. The van der Waals surface area contributed by atoms with Gasteiger partial charge < -0.3 is 57.2 Å². The van der Waals surface area contributed by atoms with Gasteiger partial charge in [0.05, 0.1) is 145 Å². The molecule has 0 saturated heterocycles. The van der Waals surface area contributed by atoms with Crippen LogP contribution in [-0.4, -0.2) is 157 Å². The SMILES string of the molecule is CCCCCCCCCCCCCCCCOCCOC(CC)COCCOCCOCCOCCOCCOCCOCCOCCOCCO. The summed E-state index contributed by atoms with van der Waals surface area (Å²) < 4.78 is 60.9. The third-order valence-electron chi connectivity index (χ3n) is 8.19. The summed E-state index contributed by atoms with van der Waals surface area (Å²) in [7, 11) is 0. The average molecular weight is 755 g/mol. The molecule has 0 spiro atoms. The fourth-order valence-electron chi connectivity index (χ4n) is 5.10. The lowest BCUT2D eigenvalue weighted by Gasteiger charge is -2.16. The molecule has 12 nitrogen and oxygen atoms in total. The van der Waals surface area contributed by atoms with Gasteiger partial charge in [-0.1, -0.05) is 97.3 Å². The van der Waals surface area contributed by atoms with Crippen LogP contribution >= 0.6 is 0 Å². The first-order chi connectivity index (χ1) is 25.8. The number of hydrogen-bond donors (Lipinski definition) is 1. The number of aliphatic hydroxyl groups is 1. The molecule has 1 N–H and O–H groups in total. The van der Waals surface area contributed by atoms with Crippen molar-refractivity contribution in [3.63, 3.8) is 0 Å². The molecule has 0 bridgehead atoms. The van der Waals surface area contributed by atoms with E-state index >= 15 is 0 Å². The summed E-state index contributed by atoms with van der Waals surface area (Å²) in [5, 5.41) is 8.60. The Balaban J connectivity index is 3.22. The van der Waals surface area contributed by atoms with E-state index in [1.165, 1.54) is 83.5 Å². The van der Waals surface area contributed by atoms with E-state index in [-0.39, 0.29) is 12.7 Å². The Kier molecular flexibility index (Phi) is 48.1. The smallest absolute Gasteiger partial charge is 0.0807 e. The van der Waals surface area contributed by atoms with E-state index in [1.54, 1.807) is 0 Å². The van der Waals surface area contributed by atoms with Crippen molar-refractivity contribution < 1.29 is 57.2 Å². The molecule has 0 heterocycles. The van der Waals surface area contributed by atoms with Crippen LogP contribution in [0.3, 0.4) is 0 Å². The van der Waals surface area contributed by atoms with E-state index in [0.717, 1.165) is 19.4 Å². The van der Waals surface area contributed by atoms with Crippen molar-refractivity contribution in [3.05, 3.63) is 0 Å². The van der Waals surface area contributed by atoms with Crippen LogP contribution in [0.2, 0.25) is 0 Å². The molecular formula is C40H82O12. The maximum atomic E-state index is 8.60. The molecule has 0 aromatic rings. The fourth-order valence-corrected chi connectivity index (χ4v) is 5.10. The molecule has 0 aliphatic rings. The molecule has 314 valence electrons. The predicted molar refractivity (Wildman–Crippen MR) is 206 cm³/mol. The van der Waals surface area contributed by atoms with Crippen molar-refractivity contribution >= 4 is 0 Å². The Labute approximate surface area is 318 Å². The van der Waals surface area contributed by atoms with E-state index < -0.39 is 0 Å². The van der Waals surface area contributed by atoms with Crippen LogP contribution in [0.25, 0.3) is 0 Å². The molecule has 0 amide bonds. The molecule has 0 aliphatic heterocycles. The lowest BCUT2D eigenvalue weighted by Crippen LogP contribution is -2.22. The second kappa shape index (κ2) is 48.5. The van der Waals surface area contributed by atoms with Gasteiger partial charge in [-0.05, 0) is 12.8 Å². The first kappa shape index (κ1) is 51.5. The summed E-state index contributed by atoms with van der Waals surface area (Å²) in [5.74, 6) is 0. The monoisotopic (exact) mass is 755 g/mol. The molecule has 0 aromatic heterocycles. The van der Waals surface area contributed by atoms with Crippen LogP contribution in [0.4, 0.5) is 0 Å². The Hall–Kier alpha value is -0.480. The number of aliphatic hydroxyl groups excluding tert-OH is 1. The minimum atomic E-state index is 0.0282. The van der Waals surface area contributed by atoms with Crippen molar-refractivity contribution in [1.82, 2.24) is 0 Å². The van der Waals surface area contributed by atoms with Crippen LogP contribution in [0.15, 0.2) is 0 Å². The predicted octanol–water partition coefficient (Wildman–Crippen LogP) is 6.42. The van der Waals surface area contributed by atoms with E-state index in [1.807, 2.05) is 0 Å². The standard InChI is InChI=1S/C40H82O12/c1-3-5-6-7-8-9-10-11-12-13-14-15-16-17-19-42-37-38-52-40(4-2)39-51-36-35-50-34-33-49-32-31-48-30-29-47-28-27-46-26-25-45-24-23-44-22-21-43-20-18-41/h40-41H,3-39H2,1-2H3. The molecule has 0 radical (unpaired) electrons. The van der Waals surface area contributed by atoms with Gasteiger partial charge in [-0.2, -0.15) is 0 Å². The second-order valence-electron chi connectivity index (χ2n) is 12.8. The van der Waals surface area contributed by atoms with Gasteiger partial charge in [0.25, 0.3) is 0 Å². The lowest BCUT2D eigenvalue weighted by atomic mass is 10.0. The minimum Gasteiger partial charge on any atom is -0.394 e. The van der Waals surface area contributed by atoms with Gasteiger partial charge in [-0.25, -0.2) is 0 Å². The molecule has 0 fully saturated rings. The van der Waals surface area contributed by atoms with Gasteiger partial charge in [0.1, 0.15) is 0 Å². The van der Waals surface area contributed by atoms with E-state index in [4.69, 9.17) is 57.2 Å². The quantitative estimate of drug-likeness (QED) is 0.0690. The van der Waals surface area contributed by atoms with Crippen molar-refractivity contribution in [2.24, 2.45) is 0 Å². The zero-order valence-electron chi connectivity index (χ0n) is 33.7. The van der Waals surface area contributed by atoms with Crippen molar-refractivity contribution in [3.8, 4) is 0 Å². The summed E-state index contributed by atoms with van der Waals surface area (Å²) in [5.41, 5.74) is 0. The van der Waals surface area contributed by atoms with Crippen LogP contribution < -0.4 is 0 Å². The van der Waals surface area contributed by atoms with E-state index in [9.17, 15) is 0 Å². The summed E-state index contributed by atoms with van der Waals surface area (Å²) in [6, 6.07) is 0. The number of rotatable bonds is 48. The Bertz CT molecular complexity index is 619. The Morgan fingerprint density at radius 2 is 0.596 bits per heavy atom. The highest BCUT2D eigenvalue weighted by Gasteiger charge is 2.07. The van der Waals surface area contributed by atoms with Crippen molar-refractivity contribution in [2.45, 2.75) is 116 Å². The summed E-state index contributed by atoms with van der Waals surface area (Å²) in [4.78, 5) is 0. The molecule has 0 aliphatic carbocycles. The zero-order chi connectivity index (χ0) is 37.5. The maximum absolute atomic E-state index is 8.60. The molecule has 0 aromatic carbocycles. The topological polar surface area (TPSA) is 122 Å². The normalized spacial score (nSPS) is 12.3. The third kappa shape index (κ3) is 45.7.